The minimum Gasteiger partial charge on any atom is -0.461 e. The minimum atomic E-state index is -0.409. The predicted molar refractivity (Wildman–Crippen MR) is 112 cm³/mol. The van der Waals surface area contributed by atoms with Gasteiger partial charge in [0.05, 0.1) is 17.3 Å². The molecule has 0 saturated carbocycles. The highest BCUT2D eigenvalue weighted by molar-refractivity contribution is 6.21. The largest absolute Gasteiger partial charge is 0.461 e. The predicted octanol–water partition coefficient (Wildman–Crippen LogP) is 3.99. The number of amides is 2. The number of nitrogens with zero attached hydrogens (tertiary/aromatic N) is 2. The van der Waals surface area contributed by atoms with Crippen molar-refractivity contribution in [3.63, 3.8) is 0 Å². The monoisotopic (exact) mass is 416 g/mol. The fourth-order valence-corrected chi connectivity index (χ4v) is 3.31. The number of rotatable bonds is 8. The topological polar surface area (TPSA) is 85.8 Å². The molecule has 2 amide bonds. The lowest BCUT2D eigenvalue weighted by Crippen LogP contribution is -2.31. The van der Waals surface area contributed by atoms with Crippen molar-refractivity contribution in [2.24, 2.45) is 0 Å². The molecule has 2 aromatic carbocycles. The molecule has 0 atom stereocenters. The molecule has 0 fully saturated rings. The van der Waals surface area contributed by atoms with E-state index in [0.717, 1.165) is 5.56 Å². The van der Waals surface area contributed by atoms with Crippen molar-refractivity contribution in [2.45, 2.75) is 19.4 Å². The summed E-state index contributed by atoms with van der Waals surface area (Å²) in [6.45, 7) is 0.227. The number of fused-ring (bicyclic) bond motifs is 1. The Bertz CT molecular complexity index is 1080. The molecule has 0 aliphatic carbocycles. The van der Waals surface area contributed by atoms with Gasteiger partial charge in [-0.15, -0.1) is 0 Å². The van der Waals surface area contributed by atoms with E-state index in [9.17, 15) is 14.4 Å². The second kappa shape index (κ2) is 9.21. The first kappa shape index (κ1) is 20.3. The summed E-state index contributed by atoms with van der Waals surface area (Å²) in [5.41, 5.74) is 1.53. The van der Waals surface area contributed by atoms with Crippen molar-refractivity contribution >= 4 is 17.8 Å². The van der Waals surface area contributed by atoms with Crippen molar-refractivity contribution in [1.29, 1.82) is 0 Å². The van der Waals surface area contributed by atoms with Crippen LogP contribution >= 0.6 is 0 Å². The number of hydrogen-bond donors (Lipinski definition) is 0. The zero-order valence-corrected chi connectivity index (χ0v) is 16.7. The Morgan fingerprint density at radius 1 is 0.903 bits per heavy atom. The smallest absolute Gasteiger partial charge is 0.306 e. The summed E-state index contributed by atoms with van der Waals surface area (Å²) in [5.74, 6) is 0.107. The van der Waals surface area contributed by atoms with E-state index in [1.165, 1.54) is 4.90 Å². The number of imide groups is 1. The average molecular weight is 416 g/mol. The van der Waals surface area contributed by atoms with E-state index in [1.54, 1.807) is 54.9 Å². The van der Waals surface area contributed by atoms with E-state index in [4.69, 9.17) is 9.47 Å². The minimum absolute atomic E-state index is 0.0578. The maximum Gasteiger partial charge on any atom is 0.306 e. The molecule has 0 bridgehead atoms. The Morgan fingerprint density at radius 2 is 1.61 bits per heavy atom. The highest BCUT2D eigenvalue weighted by Gasteiger charge is 2.34. The first-order valence-corrected chi connectivity index (χ1v) is 9.90. The maximum absolute atomic E-state index is 12.4. The summed E-state index contributed by atoms with van der Waals surface area (Å²) >= 11 is 0. The molecule has 0 spiro atoms. The van der Waals surface area contributed by atoms with Crippen LogP contribution in [0.15, 0.2) is 73.1 Å². The lowest BCUT2D eigenvalue weighted by molar-refractivity contribution is -0.145. The van der Waals surface area contributed by atoms with Crippen LogP contribution in [0, 0.1) is 0 Å². The van der Waals surface area contributed by atoms with E-state index in [-0.39, 0.29) is 31.4 Å². The highest BCUT2D eigenvalue weighted by atomic mass is 16.5. The maximum atomic E-state index is 12.4. The average Bonchev–Trinajstić information content (AvgIpc) is 3.04. The summed E-state index contributed by atoms with van der Waals surface area (Å²) in [5, 5.41) is 0. The SMILES string of the molecule is O=C(CCCN1C(=O)c2ccccc2C1=O)OCc1ccccc1Oc1cccnc1. The van der Waals surface area contributed by atoms with Crippen LogP contribution in [0.1, 0.15) is 39.1 Å². The molecule has 31 heavy (non-hydrogen) atoms. The highest BCUT2D eigenvalue weighted by Crippen LogP contribution is 2.25. The Morgan fingerprint density at radius 3 is 2.32 bits per heavy atom. The molecule has 0 saturated heterocycles. The third kappa shape index (κ3) is 4.61. The Kier molecular flexibility index (Phi) is 6.03. The molecule has 7 nitrogen and oxygen atoms in total. The van der Waals surface area contributed by atoms with Gasteiger partial charge >= 0.3 is 5.97 Å². The van der Waals surface area contributed by atoms with Gasteiger partial charge in [-0.25, -0.2) is 0 Å². The third-order valence-electron chi connectivity index (χ3n) is 4.86. The molecular formula is C24H20N2O5. The van der Waals surface area contributed by atoms with E-state index < -0.39 is 5.97 Å². The molecule has 4 rings (SSSR count). The normalized spacial score (nSPS) is 12.6. The number of pyridine rings is 1. The molecule has 1 aliphatic rings. The van der Waals surface area contributed by atoms with Crippen LogP contribution in [0.25, 0.3) is 0 Å². The number of aromatic nitrogens is 1. The van der Waals surface area contributed by atoms with Gasteiger partial charge in [0, 0.05) is 24.7 Å². The van der Waals surface area contributed by atoms with Gasteiger partial charge < -0.3 is 9.47 Å². The van der Waals surface area contributed by atoms with Crippen LogP contribution in [-0.2, 0) is 16.1 Å². The number of hydrogen-bond acceptors (Lipinski definition) is 6. The molecule has 0 unspecified atom stereocenters. The van der Waals surface area contributed by atoms with E-state index in [2.05, 4.69) is 4.98 Å². The van der Waals surface area contributed by atoms with E-state index >= 15 is 0 Å². The molecular weight excluding hydrogens is 396 g/mol. The van der Waals surface area contributed by atoms with Crippen LogP contribution in [-0.4, -0.2) is 34.2 Å². The standard InChI is InChI=1S/C24H20N2O5/c27-22(12-6-14-26-23(28)19-9-2-3-10-20(19)24(26)29)30-16-17-7-1-4-11-21(17)31-18-8-5-13-25-15-18/h1-5,7-11,13,15H,6,12,14,16H2. The Labute approximate surface area is 179 Å². The van der Waals surface area contributed by atoms with Crippen LogP contribution < -0.4 is 4.74 Å². The molecule has 0 N–H and O–H groups in total. The summed E-state index contributed by atoms with van der Waals surface area (Å²) in [6.07, 6.45) is 3.68. The molecule has 3 aromatic rings. The lowest BCUT2D eigenvalue weighted by atomic mass is 10.1. The number of carbonyl (C=O) groups excluding carboxylic acids is 3. The first-order chi connectivity index (χ1) is 15.1. The second-order valence-electron chi connectivity index (χ2n) is 6.97. The van der Waals surface area contributed by atoms with Gasteiger partial charge in [-0.3, -0.25) is 24.3 Å². The van der Waals surface area contributed by atoms with Crippen molar-refractivity contribution in [3.8, 4) is 11.5 Å². The van der Waals surface area contributed by atoms with Crippen LogP contribution in [0.3, 0.4) is 0 Å². The summed E-state index contributed by atoms with van der Waals surface area (Å²) in [6, 6.07) is 17.5. The zero-order chi connectivity index (χ0) is 21.6. The third-order valence-corrected chi connectivity index (χ3v) is 4.86. The van der Waals surface area contributed by atoms with Crippen LogP contribution in [0.5, 0.6) is 11.5 Å². The van der Waals surface area contributed by atoms with Crippen LogP contribution in [0.2, 0.25) is 0 Å². The number of esters is 1. The van der Waals surface area contributed by atoms with Crippen LogP contribution in [0.4, 0.5) is 0 Å². The zero-order valence-electron chi connectivity index (χ0n) is 16.7. The fourth-order valence-electron chi connectivity index (χ4n) is 3.31. The molecule has 0 radical (unpaired) electrons. The quantitative estimate of drug-likeness (QED) is 0.408. The first-order valence-electron chi connectivity index (χ1n) is 9.90. The molecule has 2 heterocycles. The van der Waals surface area contributed by atoms with Gasteiger partial charge in [-0.1, -0.05) is 30.3 Å². The lowest BCUT2D eigenvalue weighted by Gasteiger charge is -2.14. The van der Waals surface area contributed by atoms with Gasteiger partial charge in [-0.05, 0) is 36.8 Å². The summed E-state index contributed by atoms with van der Waals surface area (Å²) in [4.78, 5) is 42.1. The van der Waals surface area contributed by atoms with Gasteiger partial charge in [0.15, 0.2) is 0 Å². The summed E-state index contributed by atoms with van der Waals surface area (Å²) < 4.78 is 11.2. The van der Waals surface area contributed by atoms with Gasteiger partial charge in [0.2, 0.25) is 0 Å². The van der Waals surface area contributed by atoms with Gasteiger partial charge in [0.25, 0.3) is 11.8 Å². The number of carbonyl (C=O) groups is 3. The Balaban J connectivity index is 1.27. The fraction of sp³-hybridized carbons (Fsp3) is 0.167. The second-order valence-corrected chi connectivity index (χ2v) is 6.97. The molecule has 1 aliphatic heterocycles. The van der Waals surface area contributed by atoms with Crippen molar-refractivity contribution in [3.05, 3.63) is 89.7 Å². The van der Waals surface area contributed by atoms with E-state index in [0.29, 0.717) is 29.0 Å². The van der Waals surface area contributed by atoms with E-state index in [1.807, 2.05) is 18.2 Å². The molecule has 1 aromatic heterocycles. The summed E-state index contributed by atoms with van der Waals surface area (Å²) in [7, 11) is 0. The Hall–Kier alpha value is -4.00. The molecule has 7 heteroatoms. The van der Waals surface area contributed by atoms with Gasteiger partial charge in [-0.2, -0.15) is 0 Å². The van der Waals surface area contributed by atoms with Crippen molar-refractivity contribution in [1.82, 2.24) is 9.88 Å². The number of benzene rings is 2. The number of ether oxygens (including phenoxy) is 2. The van der Waals surface area contributed by atoms with Crippen molar-refractivity contribution < 1.29 is 23.9 Å². The van der Waals surface area contributed by atoms with Crippen molar-refractivity contribution in [2.75, 3.05) is 6.54 Å². The number of para-hydroxylation sites is 1. The molecule has 156 valence electrons. The van der Waals surface area contributed by atoms with Gasteiger partial charge in [0.1, 0.15) is 18.1 Å².